The van der Waals surface area contributed by atoms with Crippen molar-refractivity contribution in [2.75, 3.05) is 6.61 Å². The molecule has 26 heavy (non-hydrogen) atoms. The Kier molecular flexibility index (Phi) is 6.00. The molecule has 0 saturated carbocycles. The molecule has 0 unspecified atom stereocenters. The second-order valence-electron chi connectivity index (χ2n) is 5.59. The minimum Gasteiger partial charge on any atom is -0.483 e. The molecule has 0 spiro atoms. The number of amides is 1. The third-order valence-corrected chi connectivity index (χ3v) is 5.00. The molecule has 2 aromatic carbocycles. The lowest BCUT2D eigenvalue weighted by molar-refractivity contribution is -0.123. The summed E-state index contributed by atoms with van der Waals surface area (Å²) in [5, 5.41) is 5.85. The van der Waals surface area contributed by atoms with Gasteiger partial charge in [0.1, 0.15) is 11.6 Å². The number of aryl methyl sites for hydroxylation is 1. The first-order valence-electron chi connectivity index (χ1n) is 7.87. The van der Waals surface area contributed by atoms with Gasteiger partial charge in [0, 0.05) is 17.5 Å². The Hall–Kier alpha value is -2.25. The van der Waals surface area contributed by atoms with Crippen molar-refractivity contribution in [3.05, 3.63) is 68.7 Å². The average molecular weight is 435 g/mol. The molecule has 1 aromatic heterocycles. The number of rotatable bonds is 6. The lowest BCUT2D eigenvalue weighted by atomic mass is 10.1. The van der Waals surface area contributed by atoms with E-state index in [2.05, 4.69) is 26.2 Å². The lowest BCUT2D eigenvalue weighted by Crippen LogP contribution is -2.28. The number of aromatic nitrogens is 1. The number of halogens is 2. The predicted octanol–water partition coefficient (Wildman–Crippen LogP) is 4.72. The van der Waals surface area contributed by atoms with Gasteiger partial charge in [-0.15, -0.1) is 11.3 Å². The molecule has 1 N–H and O–H groups in total. The van der Waals surface area contributed by atoms with E-state index in [0.717, 1.165) is 21.8 Å². The van der Waals surface area contributed by atoms with E-state index < -0.39 is 0 Å². The SMILES string of the molecule is Cc1nc(-c2ccc(CNC(=O)COc3ccc(F)cc3Br)cc2)cs1. The lowest BCUT2D eigenvalue weighted by Gasteiger charge is -2.09. The Labute approximate surface area is 163 Å². The first-order valence-corrected chi connectivity index (χ1v) is 9.54. The van der Waals surface area contributed by atoms with Crippen LogP contribution >= 0.6 is 27.3 Å². The van der Waals surface area contributed by atoms with Crippen LogP contribution < -0.4 is 10.1 Å². The van der Waals surface area contributed by atoms with Crippen molar-refractivity contribution in [3.8, 4) is 17.0 Å². The smallest absolute Gasteiger partial charge is 0.258 e. The molecule has 3 rings (SSSR count). The molecule has 0 fully saturated rings. The van der Waals surface area contributed by atoms with Crippen molar-refractivity contribution in [2.24, 2.45) is 0 Å². The summed E-state index contributed by atoms with van der Waals surface area (Å²) >= 11 is 4.82. The van der Waals surface area contributed by atoms with E-state index in [0.29, 0.717) is 16.8 Å². The van der Waals surface area contributed by atoms with Crippen LogP contribution in [0.3, 0.4) is 0 Å². The fourth-order valence-corrected chi connectivity index (χ4v) is 3.36. The van der Waals surface area contributed by atoms with Crippen molar-refractivity contribution >= 4 is 33.2 Å². The first-order chi connectivity index (χ1) is 12.5. The number of hydrogen-bond acceptors (Lipinski definition) is 4. The van der Waals surface area contributed by atoms with Gasteiger partial charge >= 0.3 is 0 Å². The van der Waals surface area contributed by atoms with Crippen molar-refractivity contribution in [1.82, 2.24) is 10.3 Å². The average Bonchev–Trinajstić information content (AvgIpc) is 3.06. The topological polar surface area (TPSA) is 51.2 Å². The number of carbonyl (C=O) groups excluding carboxylic acids is 1. The van der Waals surface area contributed by atoms with Gasteiger partial charge in [0.15, 0.2) is 6.61 Å². The monoisotopic (exact) mass is 434 g/mol. The molecule has 7 heteroatoms. The van der Waals surface area contributed by atoms with Gasteiger partial charge in [0.05, 0.1) is 15.2 Å². The second kappa shape index (κ2) is 8.42. The maximum absolute atomic E-state index is 13.0. The molecule has 134 valence electrons. The largest absolute Gasteiger partial charge is 0.483 e. The van der Waals surface area contributed by atoms with E-state index in [1.807, 2.05) is 36.6 Å². The highest BCUT2D eigenvalue weighted by Crippen LogP contribution is 2.25. The van der Waals surface area contributed by atoms with E-state index >= 15 is 0 Å². The molecule has 0 bridgehead atoms. The quantitative estimate of drug-likeness (QED) is 0.610. The highest BCUT2D eigenvalue weighted by molar-refractivity contribution is 9.10. The van der Waals surface area contributed by atoms with Crippen molar-refractivity contribution in [2.45, 2.75) is 13.5 Å². The zero-order valence-corrected chi connectivity index (χ0v) is 16.4. The molecule has 0 radical (unpaired) electrons. The molecule has 0 aliphatic heterocycles. The normalized spacial score (nSPS) is 10.6. The van der Waals surface area contributed by atoms with E-state index in [-0.39, 0.29) is 18.3 Å². The second-order valence-corrected chi connectivity index (χ2v) is 7.51. The minimum atomic E-state index is -0.370. The van der Waals surface area contributed by atoms with Crippen LogP contribution in [0, 0.1) is 12.7 Å². The molecule has 1 heterocycles. The highest BCUT2D eigenvalue weighted by Gasteiger charge is 2.07. The first kappa shape index (κ1) is 18.5. The summed E-state index contributed by atoms with van der Waals surface area (Å²) in [6.45, 7) is 2.24. The van der Waals surface area contributed by atoms with Gasteiger partial charge in [0.25, 0.3) is 5.91 Å². The van der Waals surface area contributed by atoms with Crippen LogP contribution in [0.5, 0.6) is 5.75 Å². The number of benzene rings is 2. The fourth-order valence-electron chi connectivity index (χ4n) is 2.28. The zero-order chi connectivity index (χ0) is 18.5. The van der Waals surface area contributed by atoms with Gasteiger partial charge in [-0.25, -0.2) is 9.37 Å². The van der Waals surface area contributed by atoms with E-state index in [4.69, 9.17) is 4.74 Å². The van der Waals surface area contributed by atoms with Crippen LogP contribution in [-0.4, -0.2) is 17.5 Å². The fraction of sp³-hybridized carbons (Fsp3) is 0.158. The molecular weight excluding hydrogens is 419 g/mol. The van der Waals surface area contributed by atoms with E-state index in [1.165, 1.54) is 18.2 Å². The third-order valence-electron chi connectivity index (χ3n) is 3.61. The van der Waals surface area contributed by atoms with E-state index in [1.54, 1.807) is 11.3 Å². The maximum Gasteiger partial charge on any atom is 0.258 e. The zero-order valence-electron chi connectivity index (χ0n) is 14.0. The molecule has 3 aromatic rings. The van der Waals surface area contributed by atoms with Gasteiger partial charge in [0.2, 0.25) is 0 Å². The van der Waals surface area contributed by atoms with Crippen LogP contribution in [0.1, 0.15) is 10.6 Å². The highest BCUT2D eigenvalue weighted by atomic mass is 79.9. The summed E-state index contributed by atoms with van der Waals surface area (Å²) in [5.41, 5.74) is 2.99. The van der Waals surface area contributed by atoms with Crippen LogP contribution in [0.15, 0.2) is 52.3 Å². The van der Waals surface area contributed by atoms with Gasteiger partial charge < -0.3 is 10.1 Å². The third kappa shape index (κ3) is 4.89. The minimum absolute atomic E-state index is 0.138. The van der Waals surface area contributed by atoms with Crippen LogP contribution in [0.2, 0.25) is 0 Å². The number of ether oxygens (including phenoxy) is 1. The number of nitrogens with zero attached hydrogens (tertiary/aromatic N) is 1. The Bertz CT molecular complexity index is 912. The number of hydrogen-bond donors (Lipinski definition) is 1. The van der Waals surface area contributed by atoms with Crippen LogP contribution in [0.4, 0.5) is 4.39 Å². The molecule has 0 atom stereocenters. The number of nitrogens with one attached hydrogen (secondary N) is 1. The molecular formula is C19H16BrFN2O2S. The number of carbonyl (C=O) groups is 1. The van der Waals surface area contributed by atoms with Gasteiger partial charge in [-0.2, -0.15) is 0 Å². The summed E-state index contributed by atoms with van der Waals surface area (Å²) in [6, 6.07) is 11.9. The Morgan fingerprint density at radius 3 is 2.69 bits per heavy atom. The summed E-state index contributed by atoms with van der Waals surface area (Å²) in [7, 11) is 0. The van der Waals surface area contributed by atoms with Gasteiger partial charge in [-0.3, -0.25) is 4.79 Å². The summed E-state index contributed by atoms with van der Waals surface area (Å²) in [6.07, 6.45) is 0. The summed E-state index contributed by atoms with van der Waals surface area (Å²) < 4.78 is 18.9. The van der Waals surface area contributed by atoms with Crippen LogP contribution in [0.25, 0.3) is 11.3 Å². The van der Waals surface area contributed by atoms with Crippen molar-refractivity contribution < 1.29 is 13.9 Å². The summed E-state index contributed by atoms with van der Waals surface area (Å²) in [4.78, 5) is 16.4. The molecule has 1 amide bonds. The van der Waals surface area contributed by atoms with Crippen molar-refractivity contribution in [1.29, 1.82) is 0 Å². The number of thiazole rings is 1. The Balaban J connectivity index is 1.49. The maximum atomic E-state index is 13.0. The van der Waals surface area contributed by atoms with Crippen molar-refractivity contribution in [3.63, 3.8) is 0 Å². The Morgan fingerprint density at radius 1 is 1.27 bits per heavy atom. The van der Waals surface area contributed by atoms with E-state index in [9.17, 15) is 9.18 Å². The molecule has 0 saturated heterocycles. The predicted molar refractivity (Wildman–Crippen MR) is 104 cm³/mol. The van der Waals surface area contributed by atoms with Gasteiger partial charge in [-0.05, 0) is 46.6 Å². The van der Waals surface area contributed by atoms with Crippen LogP contribution in [-0.2, 0) is 11.3 Å². The Morgan fingerprint density at radius 2 is 2.04 bits per heavy atom. The van der Waals surface area contributed by atoms with Gasteiger partial charge in [-0.1, -0.05) is 24.3 Å². The molecule has 4 nitrogen and oxygen atoms in total. The molecule has 0 aliphatic carbocycles. The standard InChI is InChI=1S/C19H16BrFN2O2S/c1-12-23-17(11-26-12)14-4-2-13(3-5-14)9-22-19(24)10-25-18-7-6-15(21)8-16(18)20/h2-8,11H,9-10H2,1H3,(H,22,24). The molecule has 0 aliphatic rings. The summed E-state index contributed by atoms with van der Waals surface area (Å²) in [5.74, 6) is -0.199.